The van der Waals surface area contributed by atoms with Crippen LogP contribution in [0, 0.1) is 13.8 Å². The molecule has 0 spiro atoms. The molecule has 37 heavy (non-hydrogen) atoms. The first kappa shape index (κ1) is 26.5. The minimum atomic E-state index is -3.51. The first-order chi connectivity index (χ1) is 17.7. The molecule has 0 radical (unpaired) electrons. The average molecular weight is 522 g/mol. The van der Waals surface area contributed by atoms with Crippen LogP contribution in [0.3, 0.4) is 0 Å². The molecule has 194 valence electrons. The predicted molar refractivity (Wildman–Crippen MR) is 142 cm³/mol. The summed E-state index contributed by atoms with van der Waals surface area (Å²) in [7, 11) is -2.20. The van der Waals surface area contributed by atoms with Crippen molar-refractivity contribution in [2.75, 3.05) is 38.6 Å². The molecule has 8 nitrogen and oxygen atoms in total. The molecule has 3 aromatic carbocycles. The van der Waals surface area contributed by atoms with E-state index in [0.717, 1.165) is 16.7 Å². The number of nitrogens with one attached hydrogen (secondary N) is 1. The van der Waals surface area contributed by atoms with Gasteiger partial charge in [0.15, 0.2) is 0 Å². The highest BCUT2D eigenvalue weighted by atomic mass is 32.2. The Labute approximate surface area is 217 Å². The van der Waals surface area contributed by atoms with Crippen LogP contribution < -0.4 is 5.32 Å². The van der Waals surface area contributed by atoms with Crippen LogP contribution >= 0.6 is 0 Å². The van der Waals surface area contributed by atoms with Gasteiger partial charge in [0.25, 0.3) is 5.91 Å². The summed E-state index contributed by atoms with van der Waals surface area (Å²) in [6, 6.07) is 19.3. The van der Waals surface area contributed by atoms with E-state index in [-0.39, 0.29) is 5.91 Å². The van der Waals surface area contributed by atoms with Crippen molar-refractivity contribution in [1.82, 2.24) is 9.21 Å². The number of hydrogen-bond acceptors (Lipinski definition) is 6. The van der Waals surface area contributed by atoms with Gasteiger partial charge in [-0.3, -0.25) is 9.69 Å². The van der Waals surface area contributed by atoms with Crippen molar-refractivity contribution in [1.29, 1.82) is 0 Å². The largest absolute Gasteiger partial charge is 0.465 e. The number of carbonyl (C=O) groups excluding carboxylic acids is 2. The molecule has 9 heteroatoms. The van der Waals surface area contributed by atoms with Crippen LogP contribution in [0.1, 0.15) is 37.4 Å². The lowest BCUT2D eigenvalue weighted by Gasteiger charge is -2.34. The van der Waals surface area contributed by atoms with Crippen LogP contribution in [0.15, 0.2) is 71.6 Å². The van der Waals surface area contributed by atoms with E-state index >= 15 is 0 Å². The second-order valence-corrected chi connectivity index (χ2v) is 11.1. The summed E-state index contributed by atoms with van der Waals surface area (Å²) in [5.41, 5.74) is 4.22. The number of rotatable bonds is 7. The van der Waals surface area contributed by atoms with Gasteiger partial charge in [-0.1, -0.05) is 35.9 Å². The number of amides is 1. The van der Waals surface area contributed by atoms with Gasteiger partial charge in [0.1, 0.15) is 0 Å². The molecule has 4 rings (SSSR count). The summed E-state index contributed by atoms with van der Waals surface area (Å²) in [4.78, 5) is 27.3. The molecule has 0 aliphatic carbocycles. The quantitative estimate of drug-likeness (QED) is 0.475. The Hall–Kier alpha value is -3.53. The molecule has 1 aliphatic rings. The van der Waals surface area contributed by atoms with E-state index in [1.165, 1.54) is 11.4 Å². The Kier molecular flexibility index (Phi) is 8.06. The summed E-state index contributed by atoms with van der Waals surface area (Å²) in [5, 5.41) is 2.88. The maximum Gasteiger partial charge on any atom is 0.337 e. The van der Waals surface area contributed by atoms with Crippen LogP contribution in [0.5, 0.6) is 0 Å². The van der Waals surface area contributed by atoms with Gasteiger partial charge in [-0.25, -0.2) is 13.2 Å². The molecular formula is C28H31N3O5S. The highest BCUT2D eigenvalue weighted by Gasteiger charge is 2.28. The lowest BCUT2D eigenvalue weighted by Crippen LogP contribution is -2.48. The number of esters is 1. The molecule has 1 N–H and O–H groups in total. The van der Waals surface area contributed by atoms with E-state index in [2.05, 4.69) is 10.2 Å². The van der Waals surface area contributed by atoms with E-state index < -0.39 is 16.0 Å². The van der Waals surface area contributed by atoms with Crippen molar-refractivity contribution in [3.05, 3.63) is 94.5 Å². The van der Waals surface area contributed by atoms with Crippen LogP contribution in [0.25, 0.3) is 0 Å². The molecule has 1 saturated heterocycles. The minimum Gasteiger partial charge on any atom is -0.465 e. The number of methoxy groups -OCH3 is 1. The predicted octanol–water partition coefficient (Wildman–Crippen LogP) is 3.85. The third-order valence-corrected chi connectivity index (χ3v) is 8.41. The molecule has 1 heterocycles. The molecule has 1 aliphatic heterocycles. The van der Waals surface area contributed by atoms with E-state index in [9.17, 15) is 18.0 Å². The van der Waals surface area contributed by atoms with Crippen LogP contribution in [0.2, 0.25) is 0 Å². The van der Waals surface area contributed by atoms with E-state index in [0.29, 0.717) is 54.4 Å². The van der Waals surface area contributed by atoms with Crippen molar-refractivity contribution in [3.63, 3.8) is 0 Å². The van der Waals surface area contributed by atoms with Gasteiger partial charge in [-0.05, 0) is 61.4 Å². The molecule has 0 atom stereocenters. The molecule has 3 aromatic rings. The van der Waals surface area contributed by atoms with E-state index in [1.807, 2.05) is 44.2 Å². The van der Waals surface area contributed by atoms with Gasteiger partial charge in [0, 0.05) is 44.0 Å². The standard InChI is InChI=1S/C28H31N3O5S/c1-20-7-11-25(12-8-20)37(34,35)31-15-13-30(14-16-31)19-22-5-4-6-23(17-22)27(32)29-26-18-24(28(33)36-3)10-9-21(26)2/h4-12,17-18H,13-16,19H2,1-3H3,(H,29,32). The third-order valence-electron chi connectivity index (χ3n) is 6.49. The summed E-state index contributed by atoms with van der Waals surface area (Å²) < 4.78 is 32.2. The zero-order valence-electron chi connectivity index (χ0n) is 21.2. The first-order valence-electron chi connectivity index (χ1n) is 12.1. The lowest BCUT2D eigenvalue weighted by molar-refractivity contribution is 0.0600. The topological polar surface area (TPSA) is 96.0 Å². The van der Waals surface area contributed by atoms with E-state index in [4.69, 9.17) is 4.74 Å². The second-order valence-electron chi connectivity index (χ2n) is 9.17. The van der Waals surface area contributed by atoms with Crippen molar-refractivity contribution in [2.45, 2.75) is 25.3 Å². The summed E-state index contributed by atoms with van der Waals surface area (Å²) in [6.45, 7) is 6.40. The number of benzene rings is 3. The van der Waals surface area contributed by atoms with Gasteiger partial charge in [-0.2, -0.15) is 4.31 Å². The number of anilines is 1. The third kappa shape index (κ3) is 6.25. The fraction of sp³-hybridized carbons (Fsp3) is 0.286. The minimum absolute atomic E-state index is 0.277. The number of hydrogen-bond donors (Lipinski definition) is 1. The van der Waals surface area contributed by atoms with Crippen molar-refractivity contribution >= 4 is 27.6 Å². The zero-order chi connectivity index (χ0) is 26.6. The Morgan fingerprint density at radius 3 is 2.27 bits per heavy atom. The lowest BCUT2D eigenvalue weighted by atomic mass is 10.1. The van der Waals surface area contributed by atoms with Gasteiger partial charge in [-0.15, -0.1) is 0 Å². The Balaban J connectivity index is 1.38. The molecule has 1 amide bonds. The Morgan fingerprint density at radius 2 is 1.59 bits per heavy atom. The average Bonchev–Trinajstić information content (AvgIpc) is 2.90. The summed E-state index contributed by atoms with van der Waals surface area (Å²) in [5.74, 6) is -0.745. The van der Waals surface area contributed by atoms with Gasteiger partial charge in [0.2, 0.25) is 10.0 Å². The highest BCUT2D eigenvalue weighted by Crippen LogP contribution is 2.21. The number of nitrogens with zero attached hydrogens (tertiary/aromatic N) is 2. The van der Waals surface area contributed by atoms with Crippen molar-refractivity contribution in [3.8, 4) is 0 Å². The van der Waals surface area contributed by atoms with Gasteiger partial charge in [0.05, 0.1) is 17.6 Å². The molecule has 0 aromatic heterocycles. The van der Waals surface area contributed by atoms with Crippen LogP contribution in [-0.2, 0) is 21.3 Å². The second kappa shape index (κ2) is 11.2. The fourth-order valence-corrected chi connectivity index (χ4v) is 5.67. The number of carbonyl (C=O) groups is 2. The van der Waals surface area contributed by atoms with Crippen LogP contribution in [-0.4, -0.2) is 62.8 Å². The summed E-state index contributed by atoms with van der Waals surface area (Å²) >= 11 is 0. The molecule has 1 fully saturated rings. The van der Waals surface area contributed by atoms with Gasteiger partial charge >= 0.3 is 5.97 Å². The van der Waals surface area contributed by atoms with Crippen molar-refractivity contribution < 1.29 is 22.7 Å². The first-order valence-corrected chi connectivity index (χ1v) is 13.5. The number of piperazine rings is 1. The summed E-state index contributed by atoms with van der Waals surface area (Å²) in [6.07, 6.45) is 0. The van der Waals surface area contributed by atoms with Gasteiger partial charge < -0.3 is 10.1 Å². The Bertz CT molecular complexity index is 1400. The number of sulfonamides is 1. The monoisotopic (exact) mass is 521 g/mol. The van der Waals surface area contributed by atoms with E-state index in [1.54, 1.807) is 36.4 Å². The smallest absolute Gasteiger partial charge is 0.337 e. The Morgan fingerprint density at radius 1 is 0.892 bits per heavy atom. The van der Waals surface area contributed by atoms with Crippen molar-refractivity contribution in [2.24, 2.45) is 0 Å². The molecule has 0 unspecified atom stereocenters. The normalized spacial score (nSPS) is 14.8. The fourth-order valence-electron chi connectivity index (χ4n) is 4.25. The maximum atomic E-state index is 13.0. The number of aryl methyl sites for hydroxylation is 2. The maximum absolute atomic E-state index is 13.0. The SMILES string of the molecule is COC(=O)c1ccc(C)c(NC(=O)c2cccc(CN3CCN(S(=O)(=O)c4ccc(C)cc4)CC3)c2)c1. The number of ether oxygens (including phenoxy) is 1. The van der Waals surface area contributed by atoms with Crippen LogP contribution in [0.4, 0.5) is 5.69 Å². The molecule has 0 saturated carbocycles. The molecular weight excluding hydrogens is 490 g/mol. The highest BCUT2D eigenvalue weighted by molar-refractivity contribution is 7.89. The molecule has 0 bridgehead atoms. The zero-order valence-corrected chi connectivity index (χ0v) is 22.0.